The number of non-ortho nitro benzene ring substituents is 1. The van der Waals surface area contributed by atoms with Crippen LogP contribution >= 0.6 is 0 Å². The number of hydrogen-bond donors (Lipinski definition) is 2. The molecule has 0 radical (unpaired) electrons. The standard InChI is InChI=1S/C26H23NO9/c28-22(16-7-3-1-4-8-16)26(30)23(29)21-20(15-33-24(36-21)17-9-5-2-6-10-17)35-25(26)34-19-13-11-18(12-14-19)27(31)32/h1-14,20-21,23-25,29-30H,15H2/t20-,21-,23+,24?,25+,26+/m1/s1. The predicted octanol–water partition coefficient (Wildman–Crippen LogP) is 2.79. The summed E-state index contributed by atoms with van der Waals surface area (Å²) in [6.45, 7) is -0.00296. The van der Waals surface area contributed by atoms with Crippen LogP contribution in [-0.4, -0.2) is 57.7 Å². The molecule has 2 N–H and O–H groups in total. The van der Waals surface area contributed by atoms with Crippen LogP contribution in [0, 0.1) is 10.1 Å². The quantitative estimate of drug-likeness (QED) is 0.302. The van der Waals surface area contributed by atoms with Gasteiger partial charge in [0, 0.05) is 23.3 Å². The van der Waals surface area contributed by atoms with Crippen molar-refractivity contribution >= 4 is 11.5 Å². The second-order valence-corrected chi connectivity index (χ2v) is 8.52. The second kappa shape index (κ2) is 9.76. The average molecular weight is 493 g/mol. The molecule has 0 bridgehead atoms. The molecule has 0 aromatic heterocycles. The molecular weight excluding hydrogens is 470 g/mol. The fourth-order valence-corrected chi connectivity index (χ4v) is 4.33. The molecule has 2 fully saturated rings. The molecule has 0 saturated carbocycles. The smallest absolute Gasteiger partial charge is 0.269 e. The van der Waals surface area contributed by atoms with Crippen LogP contribution in [0.15, 0.2) is 84.9 Å². The molecule has 0 amide bonds. The number of rotatable bonds is 6. The van der Waals surface area contributed by atoms with E-state index in [1.54, 1.807) is 30.3 Å². The molecule has 2 aliphatic heterocycles. The zero-order valence-electron chi connectivity index (χ0n) is 18.9. The van der Waals surface area contributed by atoms with E-state index in [9.17, 15) is 25.1 Å². The Morgan fingerprint density at radius 2 is 1.61 bits per heavy atom. The highest BCUT2D eigenvalue weighted by Gasteiger charge is 2.63. The number of nitro benzene ring substituents is 1. The van der Waals surface area contributed by atoms with Crippen LogP contribution < -0.4 is 4.74 Å². The van der Waals surface area contributed by atoms with Crippen molar-refractivity contribution in [2.24, 2.45) is 0 Å². The lowest BCUT2D eigenvalue weighted by Crippen LogP contribution is -2.72. The van der Waals surface area contributed by atoms with Gasteiger partial charge < -0.3 is 29.2 Å². The first kappa shape index (κ1) is 24.0. The molecule has 36 heavy (non-hydrogen) atoms. The number of nitro groups is 1. The van der Waals surface area contributed by atoms with Crippen LogP contribution in [0.25, 0.3) is 0 Å². The van der Waals surface area contributed by atoms with Crippen LogP contribution in [0.3, 0.4) is 0 Å². The molecular formula is C26H23NO9. The van der Waals surface area contributed by atoms with E-state index in [0.717, 1.165) is 0 Å². The van der Waals surface area contributed by atoms with Crippen LogP contribution in [0.4, 0.5) is 5.69 Å². The molecule has 0 spiro atoms. The third-order valence-corrected chi connectivity index (χ3v) is 6.24. The first-order valence-corrected chi connectivity index (χ1v) is 11.3. The minimum Gasteiger partial charge on any atom is -0.461 e. The molecule has 10 nitrogen and oxygen atoms in total. The number of nitrogens with zero attached hydrogens (tertiary/aromatic N) is 1. The van der Waals surface area contributed by atoms with Gasteiger partial charge in [-0.1, -0.05) is 60.7 Å². The summed E-state index contributed by atoms with van der Waals surface area (Å²) in [5.41, 5.74) is -1.90. The van der Waals surface area contributed by atoms with Crippen molar-refractivity contribution in [3.05, 3.63) is 106 Å². The van der Waals surface area contributed by atoms with E-state index in [4.69, 9.17) is 18.9 Å². The van der Waals surface area contributed by atoms with Crippen molar-refractivity contribution in [1.29, 1.82) is 0 Å². The third kappa shape index (κ3) is 4.36. The van der Waals surface area contributed by atoms with Gasteiger partial charge in [0.2, 0.25) is 17.7 Å². The maximum absolute atomic E-state index is 13.6. The fraction of sp³-hybridized carbons (Fsp3) is 0.269. The monoisotopic (exact) mass is 493 g/mol. The summed E-state index contributed by atoms with van der Waals surface area (Å²) in [6, 6.07) is 22.1. The SMILES string of the molecule is O=C(c1ccccc1)[C@@]1(O)[C@@H](Oc2ccc([N+](=O)[O-])cc2)O[C@@H]2COC(c3ccccc3)O[C@H]2[C@@H]1O. The van der Waals surface area contributed by atoms with Crippen molar-refractivity contribution in [2.45, 2.75) is 36.5 Å². The van der Waals surface area contributed by atoms with Gasteiger partial charge in [0.15, 0.2) is 6.29 Å². The normalized spacial score (nSPS) is 29.7. The van der Waals surface area contributed by atoms with E-state index in [2.05, 4.69) is 0 Å². The number of aliphatic hydroxyl groups excluding tert-OH is 1. The van der Waals surface area contributed by atoms with Crippen LogP contribution in [-0.2, 0) is 14.2 Å². The predicted molar refractivity (Wildman–Crippen MR) is 124 cm³/mol. The van der Waals surface area contributed by atoms with E-state index in [0.29, 0.717) is 5.56 Å². The highest BCUT2D eigenvalue weighted by atomic mass is 16.8. The second-order valence-electron chi connectivity index (χ2n) is 8.52. The number of carbonyl (C=O) groups is 1. The molecule has 5 rings (SSSR count). The average Bonchev–Trinajstić information content (AvgIpc) is 2.92. The van der Waals surface area contributed by atoms with Gasteiger partial charge in [-0.3, -0.25) is 14.9 Å². The first-order chi connectivity index (χ1) is 17.4. The van der Waals surface area contributed by atoms with Crippen molar-refractivity contribution < 1.29 is 38.9 Å². The summed E-state index contributed by atoms with van der Waals surface area (Å²) >= 11 is 0. The summed E-state index contributed by atoms with van der Waals surface area (Å²) in [7, 11) is 0. The molecule has 10 heteroatoms. The van der Waals surface area contributed by atoms with E-state index in [-0.39, 0.29) is 23.6 Å². The van der Waals surface area contributed by atoms with E-state index in [1.165, 1.54) is 36.4 Å². The fourth-order valence-electron chi connectivity index (χ4n) is 4.33. The van der Waals surface area contributed by atoms with Crippen LogP contribution in [0.5, 0.6) is 5.75 Å². The lowest BCUT2D eigenvalue weighted by molar-refractivity contribution is -0.385. The van der Waals surface area contributed by atoms with E-state index in [1.807, 2.05) is 18.2 Å². The van der Waals surface area contributed by atoms with E-state index >= 15 is 0 Å². The number of Topliss-reactive ketones (excluding diaryl/α,β-unsaturated/α-hetero) is 1. The number of aliphatic hydroxyl groups is 2. The van der Waals surface area contributed by atoms with E-state index < -0.39 is 47.2 Å². The third-order valence-electron chi connectivity index (χ3n) is 6.24. The Balaban J connectivity index is 1.47. The molecule has 2 aliphatic rings. The van der Waals surface area contributed by atoms with Gasteiger partial charge in [-0.25, -0.2) is 0 Å². The summed E-state index contributed by atoms with van der Waals surface area (Å²) in [4.78, 5) is 24.0. The molecule has 3 aromatic carbocycles. The molecule has 2 saturated heterocycles. The number of hydrogen-bond acceptors (Lipinski definition) is 9. The minimum atomic E-state index is -2.57. The molecule has 6 atom stereocenters. The number of fused-ring (bicyclic) bond motifs is 1. The zero-order chi connectivity index (χ0) is 25.3. The summed E-state index contributed by atoms with van der Waals surface area (Å²) in [5.74, 6) is -0.734. The number of benzene rings is 3. The maximum Gasteiger partial charge on any atom is 0.269 e. The van der Waals surface area contributed by atoms with Crippen molar-refractivity contribution in [3.8, 4) is 5.75 Å². The Bertz CT molecular complexity index is 1220. The summed E-state index contributed by atoms with van der Waals surface area (Å²) in [6.07, 6.45) is -6.23. The molecule has 1 unspecified atom stereocenters. The lowest BCUT2D eigenvalue weighted by Gasteiger charge is -2.50. The van der Waals surface area contributed by atoms with Crippen molar-refractivity contribution in [3.63, 3.8) is 0 Å². The highest BCUT2D eigenvalue weighted by Crippen LogP contribution is 2.40. The Kier molecular flexibility index (Phi) is 6.52. The number of ether oxygens (including phenoxy) is 4. The summed E-state index contributed by atoms with van der Waals surface area (Å²) < 4.78 is 23.5. The first-order valence-electron chi connectivity index (χ1n) is 11.3. The Hall–Kier alpha value is -3.67. The van der Waals surface area contributed by atoms with Gasteiger partial charge in [0.1, 0.15) is 24.1 Å². The Labute approximate surface area is 205 Å². The van der Waals surface area contributed by atoms with Crippen molar-refractivity contribution in [2.75, 3.05) is 6.61 Å². The van der Waals surface area contributed by atoms with Gasteiger partial charge in [0.05, 0.1) is 11.5 Å². The van der Waals surface area contributed by atoms with Crippen LogP contribution in [0.2, 0.25) is 0 Å². The summed E-state index contributed by atoms with van der Waals surface area (Å²) in [5, 5.41) is 34.1. The lowest BCUT2D eigenvalue weighted by atomic mass is 9.80. The maximum atomic E-state index is 13.6. The largest absolute Gasteiger partial charge is 0.461 e. The Morgan fingerprint density at radius 3 is 2.25 bits per heavy atom. The minimum absolute atomic E-state index is 0.00296. The molecule has 0 aliphatic carbocycles. The van der Waals surface area contributed by atoms with Crippen LogP contribution in [0.1, 0.15) is 22.2 Å². The highest BCUT2D eigenvalue weighted by molar-refractivity contribution is 6.03. The molecule has 2 heterocycles. The number of carbonyl (C=O) groups excluding carboxylic acids is 1. The van der Waals surface area contributed by atoms with Gasteiger partial charge >= 0.3 is 0 Å². The Morgan fingerprint density at radius 1 is 0.972 bits per heavy atom. The molecule has 186 valence electrons. The topological polar surface area (TPSA) is 138 Å². The van der Waals surface area contributed by atoms with Gasteiger partial charge in [-0.2, -0.15) is 0 Å². The number of ketones is 1. The molecule has 3 aromatic rings. The van der Waals surface area contributed by atoms with Gasteiger partial charge in [-0.05, 0) is 12.1 Å². The zero-order valence-corrected chi connectivity index (χ0v) is 18.9. The van der Waals surface area contributed by atoms with Crippen molar-refractivity contribution in [1.82, 2.24) is 0 Å². The van der Waals surface area contributed by atoms with Gasteiger partial charge in [0.25, 0.3) is 5.69 Å². The van der Waals surface area contributed by atoms with Gasteiger partial charge in [-0.15, -0.1) is 0 Å².